The quantitative estimate of drug-likeness (QED) is 0.790. The number of rotatable bonds is 3. The zero-order valence-electron chi connectivity index (χ0n) is 13.5. The number of pyridine rings is 1. The summed E-state index contributed by atoms with van der Waals surface area (Å²) in [5, 5.41) is 3.34. The van der Waals surface area contributed by atoms with Gasteiger partial charge in [-0.3, -0.25) is 4.98 Å². The number of nitrogens with two attached hydrogens (primary N) is 1. The van der Waals surface area contributed by atoms with Crippen LogP contribution in [0.3, 0.4) is 0 Å². The molecule has 1 fully saturated rings. The second kappa shape index (κ2) is 5.98. The zero-order chi connectivity index (χ0) is 16.6. The lowest BCUT2D eigenvalue weighted by molar-refractivity contribution is -0.523. The molecule has 2 aromatic rings. The lowest BCUT2D eigenvalue weighted by Crippen LogP contribution is -2.82. The molecular formula is C19H22FN4+. The largest absolute Gasteiger partial charge is 0.323 e. The smallest absolute Gasteiger partial charge is 0.219 e. The van der Waals surface area contributed by atoms with Crippen LogP contribution in [-0.2, 0) is 0 Å². The number of benzene rings is 1. The van der Waals surface area contributed by atoms with Crippen LogP contribution in [0.15, 0.2) is 48.8 Å². The van der Waals surface area contributed by atoms with Crippen molar-refractivity contribution in [2.75, 3.05) is 0 Å². The van der Waals surface area contributed by atoms with E-state index in [1.807, 2.05) is 36.7 Å². The molecule has 0 saturated heterocycles. The average molecular weight is 325 g/mol. The molecule has 2 atom stereocenters. The second-order valence-electron chi connectivity index (χ2n) is 6.87. The summed E-state index contributed by atoms with van der Waals surface area (Å²) < 4.78 is 13.3. The Balaban J connectivity index is 1.75. The van der Waals surface area contributed by atoms with Gasteiger partial charge in [-0.15, -0.1) is 5.10 Å². The van der Waals surface area contributed by atoms with Gasteiger partial charge in [-0.25, -0.2) is 4.39 Å². The highest BCUT2D eigenvalue weighted by molar-refractivity contribution is 6.02. The molecule has 1 aromatic heterocycles. The number of hydrazine groups is 1. The molecule has 124 valence electrons. The first-order valence-corrected chi connectivity index (χ1v) is 8.50. The third kappa shape index (κ3) is 2.59. The monoisotopic (exact) mass is 325 g/mol. The first kappa shape index (κ1) is 15.3. The molecule has 2 heterocycles. The third-order valence-electron chi connectivity index (χ3n) is 5.38. The van der Waals surface area contributed by atoms with Gasteiger partial charge in [0.1, 0.15) is 11.9 Å². The van der Waals surface area contributed by atoms with Crippen LogP contribution in [0.25, 0.3) is 0 Å². The Bertz CT molecular complexity index is 736. The lowest BCUT2D eigenvalue weighted by atomic mass is 9.76. The van der Waals surface area contributed by atoms with Crippen molar-refractivity contribution in [2.24, 2.45) is 5.73 Å². The Kier molecular flexibility index (Phi) is 3.81. The Hall–Kier alpha value is -2.27. The van der Waals surface area contributed by atoms with Crippen molar-refractivity contribution in [1.82, 2.24) is 10.4 Å². The molecule has 4 N–H and O–H groups in total. The molecule has 2 aliphatic rings. The Labute approximate surface area is 141 Å². The molecule has 5 heteroatoms. The van der Waals surface area contributed by atoms with Gasteiger partial charge in [-0.1, -0.05) is 12.8 Å². The van der Waals surface area contributed by atoms with E-state index in [0.717, 1.165) is 24.1 Å². The van der Waals surface area contributed by atoms with E-state index in [0.29, 0.717) is 0 Å². The minimum atomic E-state index is -0.233. The molecule has 1 aliphatic heterocycles. The average Bonchev–Trinajstić information content (AvgIpc) is 3.24. The molecule has 1 aliphatic carbocycles. The molecule has 0 radical (unpaired) electrons. The van der Waals surface area contributed by atoms with Crippen LogP contribution in [0.4, 0.5) is 4.39 Å². The van der Waals surface area contributed by atoms with Crippen LogP contribution < -0.4 is 16.3 Å². The molecule has 4 rings (SSSR count). The third-order valence-corrected chi connectivity index (χ3v) is 5.38. The Morgan fingerprint density at radius 2 is 1.75 bits per heavy atom. The van der Waals surface area contributed by atoms with Crippen LogP contribution >= 0.6 is 0 Å². The molecule has 2 unspecified atom stereocenters. The summed E-state index contributed by atoms with van der Waals surface area (Å²) in [5.41, 5.74) is 13.2. The summed E-state index contributed by atoms with van der Waals surface area (Å²) in [7, 11) is 0. The highest BCUT2D eigenvalue weighted by atomic mass is 19.1. The van der Waals surface area contributed by atoms with Crippen LogP contribution in [0, 0.1) is 5.82 Å². The Morgan fingerprint density at radius 1 is 1.08 bits per heavy atom. The summed E-state index contributed by atoms with van der Waals surface area (Å²) in [5.74, 6) is -0.130. The maximum atomic E-state index is 13.3. The molecule has 4 nitrogen and oxygen atoms in total. The number of nitrogens with zero attached hydrogens (tertiary/aromatic N) is 1. The first-order valence-electron chi connectivity index (χ1n) is 8.50. The number of hydrazone groups is 1. The maximum Gasteiger partial charge on any atom is 0.219 e. The van der Waals surface area contributed by atoms with Gasteiger partial charge in [0, 0.05) is 23.5 Å². The number of halogens is 1. The van der Waals surface area contributed by atoms with Crippen molar-refractivity contribution in [2.45, 2.75) is 43.2 Å². The minimum Gasteiger partial charge on any atom is -0.323 e. The Morgan fingerprint density at radius 3 is 2.42 bits per heavy atom. The summed E-state index contributed by atoms with van der Waals surface area (Å²) in [4.78, 5) is 4.14. The zero-order valence-corrected chi connectivity index (χ0v) is 13.5. The number of hydrogen-bond donors (Lipinski definition) is 3. The van der Waals surface area contributed by atoms with E-state index in [9.17, 15) is 4.39 Å². The topological polar surface area (TPSA) is 64.9 Å². The summed E-state index contributed by atoms with van der Waals surface area (Å²) in [6.07, 6.45) is 8.00. The van der Waals surface area contributed by atoms with Crippen LogP contribution in [-0.4, -0.2) is 22.3 Å². The van der Waals surface area contributed by atoms with E-state index in [1.165, 1.54) is 30.5 Å². The highest BCUT2D eigenvalue weighted by Crippen LogP contribution is 2.38. The van der Waals surface area contributed by atoms with Crippen LogP contribution in [0.5, 0.6) is 0 Å². The van der Waals surface area contributed by atoms with E-state index in [2.05, 4.69) is 15.5 Å². The van der Waals surface area contributed by atoms with Crippen molar-refractivity contribution in [3.8, 4) is 0 Å². The minimum absolute atomic E-state index is 0.0987. The molecule has 1 aromatic carbocycles. The van der Waals surface area contributed by atoms with Crippen molar-refractivity contribution in [3.63, 3.8) is 0 Å². The molecular weight excluding hydrogens is 303 g/mol. The predicted octanol–water partition coefficient (Wildman–Crippen LogP) is 1.03. The summed E-state index contributed by atoms with van der Waals surface area (Å²) >= 11 is 0. The van der Waals surface area contributed by atoms with Crippen molar-refractivity contribution in [1.29, 1.82) is 0 Å². The van der Waals surface area contributed by atoms with E-state index < -0.39 is 0 Å². The first-order chi connectivity index (χ1) is 11.7. The van der Waals surface area contributed by atoms with E-state index in [-0.39, 0.29) is 23.3 Å². The standard InChI is InChI=1S/C19H21FN4/c20-15-5-3-14(4-6-15)17-16(13-7-11-22-12-8-13)18(24-23-17)19(21)9-1-2-10-19/h3-8,11-12,16,18,24H,1-2,9-10,21H2/p+1. The fourth-order valence-electron chi connectivity index (χ4n) is 4.11. The van der Waals surface area contributed by atoms with Crippen molar-refractivity contribution in [3.05, 3.63) is 65.7 Å². The maximum absolute atomic E-state index is 13.3. The van der Waals surface area contributed by atoms with E-state index in [4.69, 9.17) is 5.73 Å². The van der Waals surface area contributed by atoms with Gasteiger partial charge in [0.25, 0.3) is 0 Å². The fourth-order valence-corrected chi connectivity index (χ4v) is 4.11. The van der Waals surface area contributed by atoms with Crippen LogP contribution in [0.2, 0.25) is 0 Å². The SMILES string of the molecule is NC1(C2N[NH+]=C(c3ccc(F)cc3)C2c2ccncc2)CCCC1. The van der Waals surface area contributed by atoms with Crippen molar-refractivity contribution < 1.29 is 9.49 Å². The number of aromatic nitrogens is 1. The van der Waals surface area contributed by atoms with Crippen LogP contribution in [0.1, 0.15) is 42.7 Å². The van der Waals surface area contributed by atoms with Crippen molar-refractivity contribution >= 4 is 5.71 Å². The second-order valence-corrected chi connectivity index (χ2v) is 6.87. The van der Waals surface area contributed by atoms with Gasteiger partial charge in [0.15, 0.2) is 0 Å². The van der Waals surface area contributed by atoms with Gasteiger partial charge in [0.2, 0.25) is 5.71 Å². The molecule has 24 heavy (non-hydrogen) atoms. The van der Waals surface area contributed by atoms with E-state index >= 15 is 0 Å². The number of nitrogens with one attached hydrogen (secondary N) is 2. The fraction of sp³-hybridized carbons (Fsp3) is 0.368. The van der Waals surface area contributed by atoms with Gasteiger partial charge in [0.05, 0.1) is 5.92 Å². The summed E-state index contributed by atoms with van der Waals surface area (Å²) in [6, 6.07) is 10.8. The molecule has 1 saturated carbocycles. The van der Waals surface area contributed by atoms with Gasteiger partial charge < -0.3 is 5.73 Å². The van der Waals surface area contributed by atoms with E-state index in [1.54, 1.807) is 0 Å². The van der Waals surface area contributed by atoms with Gasteiger partial charge in [-0.2, -0.15) is 5.43 Å². The van der Waals surface area contributed by atoms with Gasteiger partial charge >= 0.3 is 0 Å². The highest BCUT2D eigenvalue weighted by Gasteiger charge is 2.50. The number of hydrogen-bond acceptors (Lipinski definition) is 3. The normalized spacial score (nSPS) is 25.3. The predicted molar refractivity (Wildman–Crippen MR) is 90.8 cm³/mol. The lowest BCUT2D eigenvalue weighted by Gasteiger charge is -2.32. The molecule has 0 amide bonds. The molecule has 0 bridgehead atoms. The van der Waals surface area contributed by atoms with Gasteiger partial charge in [-0.05, 0) is 54.8 Å². The molecule has 0 spiro atoms. The summed E-state index contributed by atoms with van der Waals surface area (Å²) in [6.45, 7) is 0.